The molecule has 1 atom stereocenters. The Hall–Kier alpha value is -2.27. The van der Waals surface area contributed by atoms with Gasteiger partial charge in [0.1, 0.15) is 15.8 Å². The van der Waals surface area contributed by atoms with Crippen molar-refractivity contribution in [3.63, 3.8) is 0 Å². The Kier molecular flexibility index (Phi) is 6.71. The van der Waals surface area contributed by atoms with E-state index in [1.807, 2.05) is 13.0 Å². The molecule has 4 heterocycles. The molecule has 10 heteroatoms. The molecular formula is C21H24N4O4S2. The van der Waals surface area contributed by atoms with E-state index in [9.17, 15) is 9.59 Å². The van der Waals surface area contributed by atoms with Gasteiger partial charge in [0, 0.05) is 26.5 Å². The molecule has 1 N–H and O–H groups in total. The number of thioether (sulfide) groups is 1. The van der Waals surface area contributed by atoms with E-state index in [1.54, 1.807) is 25.4 Å². The van der Waals surface area contributed by atoms with E-state index in [-0.39, 0.29) is 17.6 Å². The van der Waals surface area contributed by atoms with Crippen LogP contribution in [0.3, 0.4) is 0 Å². The number of amides is 1. The number of anilines is 1. The molecular weight excluding hydrogens is 436 g/mol. The van der Waals surface area contributed by atoms with Crippen molar-refractivity contribution >= 4 is 51.7 Å². The monoisotopic (exact) mass is 460 g/mol. The van der Waals surface area contributed by atoms with E-state index in [2.05, 4.69) is 5.32 Å². The Labute approximate surface area is 189 Å². The maximum atomic E-state index is 13.3. The zero-order chi connectivity index (χ0) is 22.0. The Bertz CT molecular complexity index is 1110. The van der Waals surface area contributed by atoms with Gasteiger partial charge in [-0.2, -0.15) is 0 Å². The van der Waals surface area contributed by atoms with Crippen LogP contribution in [0.25, 0.3) is 11.7 Å². The zero-order valence-electron chi connectivity index (χ0n) is 17.4. The predicted octanol–water partition coefficient (Wildman–Crippen LogP) is 2.44. The molecule has 31 heavy (non-hydrogen) atoms. The normalized spacial score (nSPS) is 20.4. The minimum Gasteiger partial charge on any atom is -0.383 e. The predicted molar refractivity (Wildman–Crippen MR) is 125 cm³/mol. The van der Waals surface area contributed by atoms with E-state index in [1.165, 1.54) is 21.1 Å². The van der Waals surface area contributed by atoms with Gasteiger partial charge in [0.2, 0.25) is 0 Å². The quantitative estimate of drug-likeness (QED) is 0.498. The number of rotatable bonds is 7. The molecule has 164 valence electrons. The van der Waals surface area contributed by atoms with Crippen molar-refractivity contribution in [2.75, 3.05) is 38.7 Å². The second-order valence-corrected chi connectivity index (χ2v) is 9.08. The molecule has 2 fully saturated rings. The molecule has 0 radical (unpaired) electrons. The third-order valence-electron chi connectivity index (χ3n) is 5.27. The second kappa shape index (κ2) is 9.47. The number of aromatic nitrogens is 2. The molecule has 4 rings (SSSR count). The summed E-state index contributed by atoms with van der Waals surface area (Å²) in [6, 6.07) is 3.71. The van der Waals surface area contributed by atoms with Crippen molar-refractivity contribution in [1.82, 2.24) is 14.3 Å². The van der Waals surface area contributed by atoms with Gasteiger partial charge in [-0.15, -0.1) is 0 Å². The fraction of sp³-hybridized carbons (Fsp3) is 0.429. The Morgan fingerprint density at radius 3 is 3.03 bits per heavy atom. The number of hydrogen-bond donors (Lipinski definition) is 1. The summed E-state index contributed by atoms with van der Waals surface area (Å²) in [5.74, 6) is 0.211. The lowest BCUT2D eigenvalue weighted by atomic mass is 10.2. The fourth-order valence-electron chi connectivity index (χ4n) is 3.60. The summed E-state index contributed by atoms with van der Waals surface area (Å²) in [5.41, 5.74) is 1.54. The highest BCUT2D eigenvalue weighted by atomic mass is 32.2. The van der Waals surface area contributed by atoms with Gasteiger partial charge in [0.25, 0.3) is 11.5 Å². The summed E-state index contributed by atoms with van der Waals surface area (Å²) in [6.07, 6.45) is 5.34. The van der Waals surface area contributed by atoms with Gasteiger partial charge in [-0.25, -0.2) is 4.98 Å². The number of hydrogen-bond acceptors (Lipinski definition) is 8. The van der Waals surface area contributed by atoms with Gasteiger partial charge >= 0.3 is 0 Å². The SMILES string of the molecule is COCCN1C(=O)/C(=C/c2c(NCC3CCCO3)nc3c(C)cccn3c2=O)SC1=S. The zero-order valence-corrected chi connectivity index (χ0v) is 19.1. The number of methoxy groups -OCH3 is 1. The van der Waals surface area contributed by atoms with Crippen LogP contribution < -0.4 is 10.9 Å². The maximum absolute atomic E-state index is 13.3. The highest BCUT2D eigenvalue weighted by molar-refractivity contribution is 8.26. The molecule has 2 aliphatic heterocycles. The van der Waals surface area contributed by atoms with Crippen LogP contribution in [0.4, 0.5) is 5.82 Å². The summed E-state index contributed by atoms with van der Waals surface area (Å²) in [5, 5.41) is 3.28. The van der Waals surface area contributed by atoms with Gasteiger partial charge in [-0.3, -0.25) is 18.9 Å². The van der Waals surface area contributed by atoms with E-state index >= 15 is 0 Å². The number of pyridine rings is 1. The van der Waals surface area contributed by atoms with Crippen LogP contribution in [0.15, 0.2) is 28.0 Å². The van der Waals surface area contributed by atoms with Crippen molar-refractivity contribution in [2.45, 2.75) is 25.9 Å². The number of ether oxygens (including phenoxy) is 2. The number of thiocarbonyl (C=S) groups is 1. The first-order valence-electron chi connectivity index (χ1n) is 10.1. The van der Waals surface area contributed by atoms with Crippen LogP contribution in [-0.4, -0.2) is 64.0 Å². The van der Waals surface area contributed by atoms with E-state index in [0.29, 0.717) is 46.0 Å². The van der Waals surface area contributed by atoms with Crippen LogP contribution in [0.1, 0.15) is 24.0 Å². The summed E-state index contributed by atoms with van der Waals surface area (Å²) in [7, 11) is 1.57. The van der Waals surface area contributed by atoms with Crippen LogP contribution in [0.2, 0.25) is 0 Å². The molecule has 0 aliphatic carbocycles. The molecule has 0 saturated carbocycles. The topological polar surface area (TPSA) is 85.2 Å². The minimum absolute atomic E-state index is 0.0808. The van der Waals surface area contributed by atoms with Gasteiger partial charge in [-0.05, 0) is 37.5 Å². The molecule has 1 amide bonds. The number of aryl methyl sites for hydroxylation is 1. The van der Waals surface area contributed by atoms with Gasteiger partial charge in [0.15, 0.2) is 0 Å². The third kappa shape index (κ3) is 4.52. The van der Waals surface area contributed by atoms with Crippen LogP contribution in [0.5, 0.6) is 0 Å². The Balaban J connectivity index is 1.74. The van der Waals surface area contributed by atoms with Crippen LogP contribution in [0, 0.1) is 6.92 Å². The number of carbonyl (C=O) groups is 1. The standard InChI is InChI=1S/C21H24N4O4S2/c1-13-5-3-7-24-18(13)23-17(22-12-14-6-4-9-29-14)15(19(24)26)11-16-20(27)25(8-10-28-2)21(30)31-16/h3,5,7,11,14,22H,4,6,8-10,12H2,1-2H3/b16-11-. The van der Waals surface area contributed by atoms with Crippen molar-refractivity contribution < 1.29 is 14.3 Å². The number of carbonyl (C=O) groups excluding carboxylic acids is 1. The Morgan fingerprint density at radius 2 is 2.29 bits per heavy atom. The number of fused-ring (bicyclic) bond motifs is 1. The summed E-state index contributed by atoms with van der Waals surface area (Å²) < 4.78 is 12.7. The molecule has 2 aliphatic rings. The van der Waals surface area contributed by atoms with E-state index in [4.69, 9.17) is 26.7 Å². The lowest BCUT2D eigenvalue weighted by Gasteiger charge is -2.15. The molecule has 1 unspecified atom stereocenters. The molecule has 8 nitrogen and oxygen atoms in total. The first-order chi connectivity index (χ1) is 15.0. The second-order valence-electron chi connectivity index (χ2n) is 7.41. The first kappa shape index (κ1) is 21.9. The average molecular weight is 461 g/mol. The van der Waals surface area contributed by atoms with E-state index < -0.39 is 0 Å². The average Bonchev–Trinajstić information content (AvgIpc) is 3.36. The van der Waals surface area contributed by atoms with Crippen molar-refractivity contribution in [3.05, 3.63) is 44.7 Å². The van der Waals surface area contributed by atoms with Gasteiger partial charge < -0.3 is 14.8 Å². The summed E-state index contributed by atoms with van der Waals surface area (Å²) in [4.78, 5) is 32.8. The first-order valence-corrected chi connectivity index (χ1v) is 11.3. The molecule has 2 aromatic rings. The lowest BCUT2D eigenvalue weighted by Crippen LogP contribution is -2.31. The molecule has 2 saturated heterocycles. The molecule has 2 aromatic heterocycles. The van der Waals surface area contributed by atoms with E-state index in [0.717, 1.165) is 25.0 Å². The number of nitrogens with zero attached hydrogens (tertiary/aromatic N) is 3. The lowest BCUT2D eigenvalue weighted by molar-refractivity contribution is -0.122. The van der Waals surface area contributed by atoms with Gasteiger partial charge in [0.05, 0.1) is 29.7 Å². The number of nitrogens with one attached hydrogen (secondary N) is 1. The molecule has 0 aromatic carbocycles. The minimum atomic E-state index is -0.245. The fourth-order valence-corrected chi connectivity index (χ4v) is 4.89. The van der Waals surface area contributed by atoms with Crippen LogP contribution in [-0.2, 0) is 14.3 Å². The van der Waals surface area contributed by atoms with Crippen LogP contribution >= 0.6 is 24.0 Å². The van der Waals surface area contributed by atoms with Crippen molar-refractivity contribution in [3.8, 4) is 0 Å². The highest BCUT2D eigenvalue weighted by Gasteiger charge is 2.32. The molecule has 0 bridgehead atoms. The van der Waals surface area contributed by atoms with Gasteiger partial charge in [-0.1, -0.05) is 30.0 Å². The smallest absolute Gasteiger partial charge is 0.267 e. The van der Waals surface area contributed by atoms with Crippen molar-refractivity contribution in [2.24, 2.45) is 0 Å². The summed E-state index contributed by atoms with van der Waals surface area (Å²) in [6.45, 7) is 3.95. The third-order valence-corrected chi connectivity index (χ3v) is 6.65. The summed E-state index contributed by atoms with van der Waals surface area (Å²) >= 11 is 6.53. The maximum Gasteiger partial charge on any atom is 0.267 e. The van der Waals surface area contributed by atoms with Crippen molar-refractivity contribution in [1.29, 1.82) is 0 Å². The Morgan fingerprint density at radius 1 is 1.45 bits per heavy atom. The highest BCUT2D eigenvalue weighted by Crippen LogP contribution is 2.33. The molecule has 0 spiro atoms. The largest absolute Gasteiger partial charge is 0.383 e.